The van der Waals surface area contributed by atoms with Crippen molar-refractivity contribution in [3.63, 3.8) is 0 Å². The fraction of sp³-hybridized carbons (Fsp3) is 0.643. The van der Waals surface area contributed by atoms with Crippen LogP contribution in [-0.4, -0.2) is 71.1 Å². The highest BCUT2D eigenvalue weighted by molar-refractivity contribution is 6.03. The molecular formula is C28H40N4O3. The second-order valence-electron chi connectivity index (χ2n) is 10.8. The van der Waals surface area contributed by atoms with Gasteiger partial charge in [0.15, 0.2) is 0 Å². The minimum atomic E-state index is -0.942. The van der Waals surface area contributed by atoms with Crippen LogP contribution in [0.25, 0.3) is 10.9 Å². The Balaban J connectivity index is 1.46. The molecule has 1 aliphatic carbocycles. The van der Waals surface area contributed by atoms with Crippen LogP contribution in [0.5, 0.6) is 5.75 Å². The average molecular weight is 481 g/mol. The summed E-state index contributed by atoms with van der Waals surface area (Å²) in [5.41, 5.74) is 0.659. The van der Waals surface area contributed by atoms with Crippen molar-refractivity contribution in [2.75, 3.05) is 33.3 Å². The van der Waals surface area contributed by atoms with Gasteiger partial charge in [-0.05, 0) is 63.9 Å². The van der Waals surface area contributed by atoms with E-state index in [-0.39, 0.29) is 17.9 Å². The van der Waals surface area contributed by atoms with Crippen molar-refractivity contribution in [2.24, 2.45) is 0 Å². The molecule has 1 atom stereocenters. The molecule has 5 rings (SSSR count). The zero-order valence-electron chi connectivity index (χ0n) is 21.4. The lowest BCUT2D eigenvalue weighted by Gasteiger charge is -2.45. The van der Waals surface area contributed by atoms with Crippen molar-refractivity contribution in [1.29, 1.82) is 0 Å². The van der Waals surface area contributed by atoms with E-state index >= 15 is 0 Å². The first-order valence-corrected chi connectivity index (χ1v) is 13.5. The largest absolute Gasteiger partial charge is 0.497 e. The molecule has 3 heterocycles. The zero-order valence-corrected chi connectivity index (χ0v) is 21.4. The Morgan fingerprint density at radius 1 is 1.03 bits per heavy atom. The average Bonchev–Trinajstić information content (AvgIpc) is 3.03. The van der Waals surface area contributed by atoms with E-state index in [4.69, 9.17) is 4.74 Å². The van der Waals surface area contributed by atoms with Crippen LogP contribution >= 0.6 is 0 Å². The summed E-state index contributed by atoms with van der Waals surface area (Å²) in [6.45, 7) is 5.94. The maximum atomic E-state index is 14.0. The summed E-state index contributed by atoms with van der Waals surface area (Å²) in [6.07, 6.45) is 10.6. The zero-order chi connectivity index (χ0) is 24.4. The second-order valence-corrected chi connectivity index (χ2v) is 10.8. The molecule has 1 aromatic carbocycles. The second kappa shape index (κ2) is 10.2. The predicted octanol–water partition coefficient (Wildman–Crippen LogP) is 4.19. The standard InChI is InChI=1S/C28H40N4O3/c1-28(27(34)29-22-10-6-5-7-11-22)20-31-24-19-23(35-2)13-12-21(24)18-25(31)26(33)32(28)17-16-30-14-8-3-4-9-15-30/h12-13,18-19,22H,3-11,14-17,20H2,1-2H3,(H,29,34)/t28-/m0/s1. The van der Waals surface area contributed by atoms with Crippen molar-refractivity contribution in [3.05, 3.63) is 30.0 Å². The number of hydrogen-bond acceptors (Lipinski definition) is 4. The Kier molecular flexibility index (Phi) is 7.05. The molecule has 0 spiro atoms. The van der Waals surface area contributed by atoms with Crippen LogP contribution in [-0.2, 0) is 11.3 Å². The maximum Gasteiger partial charge on any atom is 0.271 e. The number of carbonyl (C=O) groups excluding carboxylic acids is 2. The number of amides is 2. The molecule has 0 unspecified atom stereocenters. The number of nitrogens with one attached hydrogen (secondary N) is 1. The lowest BCUT2D eigenvalue weighted by Crippen LogP contribution is -2.65. The maximum absolute atomic E-state index is 14.0. The summed E-state index contributed by atoms with van der Waals surface area (Å²) in [5.74, 6) is 0.675. The number of methoxy groups -OCH3 is 1. The Morgan fingerprint density at radius 3 is 2.46 bits per heavy atom. The van der Waals surface area contributed by atoms with Gasteiger partial charge in [0.05, 0.1) is 19.2 Å². The third-order valence-corrected chi connectivity index (χ3v) is 8.41. The number of benzene rings is 1. The van der Waals surface area contributed by atoms with Gasteiger partial charge in [0, 0.05) is 30.6 Å². The van der Waals surface area contributed by atoms with Crippen molar-refractivity contribution in [1.82, 2.24) is 19.7 Å². The van der Waals surface area contributed by atoms with Crippen LogP contribution in [0.4, 0.5) is 0 Å². The van der Waals surface area contributed by atoms with E-state index in [0.717, 1.165) is 62.0 Å². The quantitative estimate of drug-likeness (QED) is 0.673. The summed E-state index contributed by atoms with van der Waals surface area (Å²) in [4.78, 5) is 32.2. The molecule has 2 fully saturated rings. The van der Waals surface area contributed by atoms with Crippen LogP contribution in [0, 0.1) is 0 Å². The normalized spacial score (nSPS) is 24.3. The van der Waals surface area contributed by atoms with E-state index in [9.17, 15) is 9.59 Å². The van der Waals surface area contributed by atoms with Crippen LogP contribution in [0.2, 0.25) is 0 Å². The van der Waals surface area contributed by atoms with Crippen molar-refractivity contribution in [2.45, 2.75) is 82.8 Å². The summed E-state index contributed by atoms with van der Waals surface area (Å²) >= 11 is 0. The third-order valence-electron chi connectivity index (χ3n) is 8.41. The summed E-state index contributed by atoms with van der Waals surface area (Å²) in [7, 11) is 1.65. The Morgan fingerprint density at radius 2 is 1.74 bits per heavy atom. The molecule has 7 heteroatoms. The molecule has 7 nitrogen and oxygen atoms in total. The lowest BCUT2D eigenvalue weighted by molar-refractivity contribution is -0.133. The van der Waals surface area contributed by atoms with E-state index in [1.807, 2.05) is 40.7 Å². The molecule has 2 aromatic rings. The monoisotopic (exact) mass is 480 g/mol. The molecule has 190 valence electrons. The molecule has 2 amide bonds. The molecule has 35 heavy (non-hydrogen) atoms. The van der Waals surface area contributed by atoms with Gasteiger partial charge in [0.1, 0.15) is 17.0 Å². The number of hydrogen-bond donors (Lipinski definition) is 1. The van der Waals surface area contributed by atoms with Crippen molar-refractivity contribution < 1.29 is 14.3 Å². The van der Waals surface area contributed by atoms with Gasteiger partial charge in [0.2, 0.25) is 5.91 Å². The van der Waals surface area contributed by atoms with E-state index in [2.05, 4.69) is 10.2 Å². The van der Waals surface area contributed by atoms with Crippen molar-refractivity contribution >= 4 is 22.7 Å². The van der Waals surface area contributed by atoms with E-state index in [1.54, 1.807) is 7.11 Å². The highest BCUT2D eigenvalue weighted by atomic mass is 16.5. The Hall–Kier alpha value is -2.54. The van der Waals surface area contributed by atoms with Gasteiger partial charge >= 0.3 is 0 Å². The number of aromatic nitrogens is 1. The fourth-order valence-corrected chi connectivity index (χ4v) is 6.20. The first-order chi connectivity index (χ1) is 17.0. The van der Waals surface area contributed by atoms with Gasteiger partial charge in [-0.15, -0.1) is 0 Å². The molecule has 1 N–H and O–H groups in total. The number of fused-ring (bicyclic) bond motifs is 3. The Labute approximate surface area is 208 Å². The minimum Gasteiger partial charge on any atom is -0.497 e. The van der Waals surface area contributed by atoms with Crippen LogP contribution in [0.15, 0.2) is 24.3 Å². The molecule has 1 saturated heterocycles. The van der Waals surface area contributed by atoms with E-state index < -0.39 is 5.54 Å². The first-order valence-electron chi connectivity index (χ1n) is 13.5. The lowest BCUT2D eigenvalue weighted by atomic mass is 9.91. The predicted molar refractivity (Wildman–Crippen MR) is 138 cm³/mol. The Bertz CT molecular complexity index is 1070. The fourth-order valence-electron chi connectivity index (χ4n) is 6.20. The summed E-state index contributed by atoms with van der Waals surface area (Å²) < 4.78 is 7.48. The van der Waals surface area contributed by atoms with Gasteiger partial charge in [-0.1, -0.05) is 32.1 Å². The van der Waals surface area contributed by atoms with Gasteiger partial charge in [-0.25, -0.2) is 0 Å². The van der Waals surface area contributed by atoms with Crippen LogP contribution in [0.1, 0.15) is 75.2 Å². The molecule has 3 aliphatic rings. The first kappa shape index (κ1) is 24.2. The van der Waals surface area contributed by atoms with Gasteiger partial charge < -0.3 is 24.4 Å². The molecule has 2 aliphatic heterocycles. The van der Waals surface area contributed by atoms with E-state index in [0.29, 0.717) is 18.8 Å². The topological polar surface area (TPSA) is 66.8 Å². The molecular weight excluding hydrogens is 440 g/mol. The molecule has 1 aromatic heterocycles. The highest BCUT2D eigenvalue weighted by Crippen LogP contribution is 2.34. The van der Waals surface area contributed by atoms with Crippen LogP contribution < -0.4 is 10.1 Å². The molecule has 1 saturated carbocycles. The summed E-state index contributed by atoms with van der Waals surface area (Å²) in [5, 5.41) is 4.34. The molecule has 0 radical (unpaired) electrons. The van der Waals surface area contributed by atoms with Crippen LogP contribution in [0.3, 0.4) is 0 Å². The number of carbonyl (C=O) groups is 2. The third kappa shape index (κ3) is 4.80. The SMILES string of the molecule is COc1ccc2cc3n(c2c1)C[C@@](C)(C(=O)NC1CCCCC1)N(CCN1CCCCCC1)C3=O. The summed E-state index contributed by atoms with van der Waals surface area (Å²) in [6, 6.07) is 8.06. The number of likely N-dealkylation sites (tertiary alicyclic amines) is 1. The van der Waals surface area contributed by atoms with Gasteiger partial charge in [-0.2, -0.15) is 0 Å². The van der Waals surface area contributed by atoms with Gasteiger partial charge in [-0.3, -0.25) is 9.59 Å². The number of nitrogens with zero attached hydrogens (tertiary/aromatic N) is 3. The van der Waals surface area contributed by atoms with Gasteiger partial charge in [0.25, 0.3) is 5.91 Å². The van der Waals surface area contributed by atoms with E-state index in [1.165, 1.54) is 32.1 Å². The smallest absolute Gasteiger partial charge is 0.271 e. The number of ether oxygens (including phenoxy) is 1. The highest BCUT2D eigenvalue weighted by Gasteiger charge is 2.48. The molecule has 0 bridgehead atoms. The minimum absolute atomic E-state index is 0.0241. The van der Waals surface area contributed by atoms with Crippen molar-refractivity contribution in [3.8, 4) is 5.75 Å². The number of rotatable bonds is 6.